The SMILES string of the molecule is CC1=NN(c2ccccn2)C(=O)C1=NNc1cccc(C2CCCC(C(=O)O)C2)c1O. The first kappa shape index (κ1) is 20.5. The number of amides is 1. The second kappa shape index (κ2) is 8.55. The highest BCUT2D eigenvalue weighted by Crippen LogP contribution is 2.42. The number of phenolic OH excluding ortho intramolecular Hbond substituents is 1. The van der Waals surface area contributed by atoms with Gasteiger partial charge in [-0.25, -0.2) is 4.98 Å². The lowest BCUT2D eigenvalue weighted by atomic mass is 9.77. The number of pyridine rings is 1. The number of rotatable bonds is 5. The number of hydrogen-bond donors (Lipinski definition) is 3. The van der Waals surface area contributed by atoms with E-state index in [4.69, 9.17) is 0 Å². The molecular formula is C22H23N5O4. The van der Waals surface area contributed by atoms with Crippen molar-refractivity contribution in [3.8, 4) is 5.75 Å². The van der Waals surface area contributed by atoms with Crippen LogP contribution in [0.25, 0.3) is 0 Å². The Morgan fingerprint density at radius 3 is 2.81 bits per heavy atom. The summed E-state index contributed by atoms with van der Waals surface area (Å²) < 4.78 is 0. The number of benzene rings is 1. The highest BCUT2D eigenvalue weighted by Gasteiger charge is 2.32. The minimum Gasteiger partial charge on any atom is -0.505 e. The van der Waals surface area contributed by atoms with Crippen LogP contribution in [-0.4, -0.2) is 38.5 Å². The normalized spacial score (nSPS) is 22.5. The number of nitrogens with zero attached hydrogens (tertiary/aromatic N) is 4. The van der Waals surface area contributed by atoms with Gasteiger partial charge in [0.2, 0.25) is 0 Å². The number of hydrazone groups is 2. The van der Waals surface area contributed by atoms with Gasteiger partial charge in [0.25, 0.3) is 0 Å². The highest BCUT2D eigenvalue weighted by molar-refractivity contribution is 6.71. The summed E-state index contributed by atoms with van der Waals surface area (Å²) >= 11 is 0. The molecule has 2 aromatic rings. The molecule has 1 fully saturated rings. The smallest absolute Gasteiger partial charge is 0.306 e. The van der Waals surface area contributed by atoms with Gasteiger partial charge in [0, 0.05) is 6.20 Å². The van der Waals surface area contributed by atoms with Crippen LogP contribution in [0.4, 0.5) is 11.5 Å². The Labute approximate surface area is 179 Å². The number of para-hydroxylation sites is 1. The number of phenols is 1. The maximum atomic E-state index is 12.7. The van der Waals surface area contributed by atoms with Crippen molar-refractivity contribution in [1.29, 1.82) is 0 Å². The van der Waals surface area contributed by atoms with Gasteiger partial charge in [0.15, 0.2) is 11.5 Å². The van der Waals surface area contributed by atoms with E-state index in [1.54, 1.807) is 49.5 Å². The molecule has 1 aliphatic carbocycles. The van der Waals surface area contributed by atoms with Gasteiger partial charge in [0.1, 0.15) is 5.75 Å². The molecule has 1 aromatic carbocycles. The van der Waals surface area contributed by atoms with Crippen molar-refractivity contribution >= 4 is 34.8 Å². The summed E-state index contributed by atoms with van der Waals surface area (Å²) in [7, 11) is 0. The Kier molecular flexibility index (Phi) is 5.66. The van der Waals surface area contributed by atoms with E-state index >= 15 is 0 Å². The first-order valence-corrected chi connectivity index (χ1v) is 10.1. The van der Waals surface area contributed by atoms with E-state index in [9.17, 15) is 19.8 Å². The predicted molar refractivity (Wildman–Crippen MR) is 116 cm³/mol. The molecule has 1 saturated carbocycles. The molecule has 31 heavy (non-hydrogen) atoms. The molecule has 1 amide bonds. The van der Waals surface area contributed by atoms with Crippen LogP contribution in [0.3, 0.4) is 0 Å². The molecule has 4 rings (SSSR count). The maximum absolute atomic E-state index is 12.7. The molecule has 2 unspecified atom stereocenters. The van der Waals surface area contributed by atoms with Gasteiger partial charge in [0.05, 0.1) is 17.3 Å². The van der Waals surface area contributed by atoms with Crippen LogP contribution < -0.4 is 10.4 Å². The number of carbonyl (C=O) groups is 2. The van der Waals surface area contributed by atoms with Crippen molar-refractivity contribution in [2.45, 2.75) is 38.5 Å². The summed E-state index contributed by atoms with van der Waals surface area (Å²) in [6.45, 7) is 1.67. The monoisotopic (exact) mass is 421 g/mol. The zero-order valence-corrected chi connectivity index (χ0v) is 17.0. The van der Waals surface area contributed by atoms with Crippen molar-refractivity contribution in [2.75, 3.05) is 10.4 Å². The molecule has 1 aromatic heterocycles. The van der Waals surface area contributed by atoms with Crippen LogP contribution in [0.1, 0.15) is 44.1 Å². The quantitative estimate of drug-likeness (QED) is 0.502. The lowest BCUT2D eigenvalue weighted by Gasteiger charge is -2.27. The molecule has 0 radical (unpaired) electrons. The number of carbonyl (C=O) groups excluding carboxylic acids is 1. The fourth-order valence-electron chi connectivity index (χ4n) is 4.05. The average Bonchev–Trinajstić information content (AvgIpc) is 3.07. The first-order chi connectivity index (χ1) is 15.0. The number of carboxylic acid groups (broad SMARTS) is 1. The predicted octanol–water partition coefficient (Wildman–Crippen LogP) is 3.34. The molecule has 0 saturated heterocycles. The summed E-state index contributed by atoms with van der Waals surface area (Å²) in [5.41, 5.74) is 4.36. The van der Waals surface area contributed by atoms with Crippen LogP contribution in [-0.2, 0) is 9.59 Å². The van der Waals surface area contributed by atoms with E-state index < -0.39 is 17.8 Å². The molecule has 1 aliphatic heterocycles. The molecule has 160 valence electrons. The highest BCUT2D eigenvalue weighted by atomic mass is 16.4. The Morgan fingerprint density at radius 2 is 2.06 bits per heavy atom. The molecule has 0 bridgehead atoms. The van der Waals surface area contributed by atoms with E-state index in [1.165, 1.54) is 5.01 Å². The number of aromatic hydroxyl groups is 1. The molecule has 0 spiro atoms. The molecule has 9 heteroatoms. The van der Waals surface area contributed by atoms with E-state index in [0.29, 0.717) is 35.6 Å². The second-order valence-corrected chi connectivity index (χ2v) is 7.70. The zero-order chi connectivity index (χ0) is 22.0. The topological polar surface area (TPSA) is 127 Å². The van der Waals surface area contributed by atoms with Crippen molar-refractivity contribution < 1.29 is 19.8 Å². The van der Waals surface area contributed by atoms with E-state index in [2.05, 4.69) is 20.6 Å². The largest absolute Gasteiger partial charge is 0.505 e. The molecule has 2 aliphatic rings. The van der Waals surface area contributed by atoms with Gasteiger partial charge >= 0.3 is 11.9 Å². The van der Waals surface area contributed by atoms with Gasteiger partial charge < -0.3 is 10.2 Å². The third-order valence-corrected chi connectivity index (χ3v) is 5.67. The number of hydrogen-bond acceptors (Lipinski definition) is 7. The summed E-state index contributed by atoms with van der Waals surface area (Å²) in [5.74, 6) is -1.24. The van der Waals surface area contributed by atoms with Crippen LogP contribution in [0, 0.1) is 5.92 Å². The number of nitrogens with one attached hydrogen (secondary N) is 1. The first-order valence-electron chi connectivity index (χ1n) is 10.1. The van der Waals surface area contributed by atoms with E-state index in [0.717, 1.165) is 12.8 Å². The maximum Gasteiger partial charge on any atom is 0.306 e. The van der Waals surface area contributed by atoms with Crippen LogP contribution in [0.5, 0.6) is 5.75 Å². The third kappa shape index (κ3) is 4.11. The van der Waals surface area contributed by atoms with Gasteiger partial charge in [-0.15, -0.1) is 0 Å². The number of carboxylic acids is 1. The summed E-state index contributed by atoms with van der Waals surface area (Å²) in [5, 5.41) is 29.7. The van der Waals surface area contributed by atoms with E-state index in [-0.39, 0.29) is 17.4 Å². The Morgan fingerprint density at radius 1 is 1.23 bits per heavy atom. The lowest BCUT2D eigenvalue weighted by Crippen LogP contribution is -2.28. The molecule has 2 atom stereocenters. The number of aliphatic carboxylic acids is 1. The molecule has 9 nitrogen and oxygen atoms in total. The number of anilines is 2. The zero-order valence-electron chi connectivity index (χ0n) is 17.0. The molecular weight excluding hydrogens is 398 g/mol. The third-order valence-electron chi connectivity index (χ3n) is 5.67. The van der Waals surface area contributed by atoms with Crippen LogP contribution in [0.15, 0.2) is 52.8 Å². The van der Waals surface area contributed by atoms with Crippen molar-refractivity contribution in [3.63, 3.8) is 0 Å². The van der Waals surface area contributed by atoms with E-state index in [1.807, 2.05) is 0 Å². The van der Waals surface area contributed by atoms with Gasteiger partial charge in [-0.05, 0) is 55.9 Å². The van der Waals surface area contributed by atoms with Gasteiger partial charge in [-0.1, -0.05) is 24.6 Å². The second-order valence-electron chi connectivity index (χ2n) is 7.70. The summed E-state index contributed by atoms with van der Waals surface area (Å²) in [4.78, 5) is 28.2. The summed E-state index contributed by atoms with van der Waals surface area (Å²) in [6, 6.07) is 10.4. The average molecular weight is 421 g/mol. The van der Waals surface area contributed by atoms with Crippen LogP contribution >= 0.6 is 0 Å². The van der Waals surface area contributed by atoms with Crippen molar-refractivity contribution in [1.82, 2.24) is 4.98 Å². The molecule has 3 N–H and O–H groups in total. The minimum atomic E-state index is -0.795. The minimum absolute atomic E-state index is 0.0181. The Bertz CT molecular complexity index is 1070. The van der Waals surface area contributed by atoms with Gasteiger partial charge in [-0.2, -0.15) is 15.2 Å². The standard InChI is InChI=1S/C22H23N5O4/c1-13-19(21(29)27(26-13)18-10-2-3-11-23-18)25-24-17-9-5-8-16(20(17)28)14-6-4-7-15(12-14)22(30)31/h2-3,5,8-11,14-15,24,28H,4,6-7,12H2,1H3,(H,30,31). The fourth-order valence-corrected chi connectivity index (χ4v) is 4.05. The van der Waals surface area contributed by atoms with Crippen molar-refractivity contribution in [3.05, 3.63) is 48.2 Å². The van der Waals surface area contributed by atoms with Gasteiger partial charge in [-0.3, -0.25) is 15.0 Å². The fraction of sp³-hybridized carbons (Fsp3) is 0.318. The Hall–Kier alpha value is -3.75. The summed E-state index contributed by atoms with van der Waals surface area (Å²) in [6.07, 6.45) is 4.34. The van der Waals surface area contributed by atoms with Crippen molar-refractivity contribution in [2.24, 2.45) is 16.1 Å². The molecule has 2 heterocycles. The van der Waals surface area contributed by atoms with Crippen LogP contribution in [0.2, 0.25) is 0 Å². The Balaban J connectivity index is 1.53. The lowest BCUT2D eigenvalue weighted by molar-refractivity contribution is -0.143. The number of aromatic nitrogens is 1.